The number of benzene rings is 1. The Kier molecular flexibility index (Phi) is 12.7. The van der Waals surface area contributed by atoms with E-state index < -0.39 is 22.1 Å². The average Bonchev–Trinajstić information content (AvgIpc) is 2.65. The molecule has 0 aliphatic heterocycles. The summed E-state index contributed by atoms with van der Waals surface area (Å²) in [6.07, 6.45) is 4.11. The Labute approximate surface area is 168 Å². The number of hydrogen-bond acceptors (Lipinski definition) is 5. The van der Waals surface area contributed by atoms with Gasteiger partial charge in [-0.25, -0.2) is 13.1 Å². The minimum absolute atomic E-state index is 0.0452. The number of sulfonamides is 1. The van der Waals surface area contributed by atoms with Gasteiger partial charge in [0.2, 0.25) is 10.0 Å². The molecule has 0 heterocycles. The fraction of sp³-hybridized carbons (Fsp3) is 0.650. The number of hydrogen-bond donors (Lipinski definition) is 3. The summed E-state index contributed by atoms with van der Waals surface area (Å²) in [5.41, 5.74) is 1.05. The van der Waals surface area contributed by atoms with E-state index in [0.29, 0.717) is 45.3 Å². The zero-order valence-electron chi connectivity index (χ0n) is 16.4. The van der Waals surface area contributed by atoms with E-state index in [0.717, 1.165) is 18.4 Å². The highest BCUT2D eigenvalue weighted by molar-refractivity contribution is 7.89. The molecular weight excluding hydrogens is 382 g/mol. The van der Waals surface area contributed by atoms with E-state index in [1.54, 1.807) is 0 Å². The average molecular weight is 416 g/mol. The highest BCUT2D eigenvalue weighted by Gasteiger charge is 2.10. The molecule has 0 saturated carbocycles. The fourth-order valence-corrected chi connectivity index (χ4v) is 3.88. The van der Waals surface area contributed by atoms with E-state index in [4.69, 9.17) is 9.84 Å². The molecule has 8 heteroatoms. The van der Waals surface area contributed by atoms with Gasteiger partial charge in [-0.15, -0.1) is 0 Å². The first kappa shape index (κ1) is 24.6. The van der Waals surface area contributed by atoms with Crippen LogP contribution in [0.25, 0.3) is 0 Å². The van der Waals surface area contributed by atoms with Gasteiger partial charge >= 0.3 is 5.97 Å². The number of unbranched alkanes of at least 4 members (excludes halogenated alkanes) is 4. The summed E-state index contributed by atoms with van der Waals surface area (Å²) < 4.78 is 31.9. The molecule has 1 atom stereocenters. The maximum atomic E-state index is 11.9. The number of rotatable bonds is 17. The number of carboxylic acid groups (broad SMARTS) is 1. The molecule has 0 fully saturated rings. The van der Waals surface area contributed by atoms with Crippen LogP contribution in [-0.2, 0) is 26.2 Å². The van der Waals surface area contributed by atoms with Crippen molar-refractivity contribution >= 4 is 16.0 Å². The molecule has 0 aromatic heterocycles. The predicted octanol–water partition coefficient (Wildman–Crippen LogP) is 2.69. The third-order valence-corrected chi connectivity index (χ3v) is 5.73. The molecule has 1 aromatic rings. The quantitative estimate of drug-likeness (QED) is 0.337. The van der Waals surface area contributed by atoms with Crippen LogP contribution in [0.1, 0.15) is 56.9 Å². The molecule has 7 nitrogen and oxygen atoms in total. The molecule has 28 heavy (non-hydrogen) atoms. The molecular formula is C20H33NO6S. The summed E-state index contributed by atoms with van der Waals surface area (Å²) in [6, 6.07) is 9.72. The topological polar surface area (TPSA) is 113 Å². The molecule has 0 spiro atoms. The van der Waals surface area contributed by atoms with E-state index in [1.165, 1.54) is 0 Å². The molecule has 0 aliphatic rings. The number of aliphatic carboxylic acids is 1. The van der Waals surface area contributed by atoms with E-state index in [2.05, 4.69) is 4.72 Å². The van der Waals surface area contributed by atoms with Crippen molar-refractivity contribution in [2.75, 3.05) is 18.9 Å². The van der Waals surface area contributed by atoms with Crippen molar-refractivity contribution in [3.8, 4) is 0 Å². The Morgan fingerprint density at radius 1 is 1.04 bits per heavy atom. The van der Waals surface area contributed by atoms with Crippen molar-refractivity contribution in [2.24, 2.45) is 0 Å². The summed E-state index contributed by atoms with van der Waals surface area (Å²) in [6.45, 7) is 1.07. The van der Waals surface area contributed by atoms with E-state index in [1.807, 2.05) is 30.3 Å². The standard InChI is InChI=1S/C20H33NO6S/c22-19(17-27-16-18-10-4-3-5-11-18)12-7-9-15-28(25,26)21-14-8-2-1-6-13-20(23)24/h3-5,10-11,19,21-22H,1-2,6-9,12-17H2,(H,23,24). The van der Waals surface area contributed by atoms with Crippen molar-refractivity contribution in [3.63, 3.8) is 0 Å². The van der Waals surface area contributed by atoms with Crippen LogP contribution < -0.4 is 4.72 Å². The Bertz CT molecular complexity index is 635. The molecule has 0 aliphatic carbocycles. The fourth-order valence-electron chi connectivity index (χ4n) is 2.70. The van der Waals surface area contributed by atoms with Gasteiger partial charge in [0.05, 0.1) is 25.1 Å². The van der Waals surface area contributed by atoms with Crippen LogP contribution in [0.5, 0.6) is 0 Å². The molecule has 0 bridgehead atoms. The lowest BCUT2D eigenvalue weighted by atomic mass is 10.1. The molecule has 0 amide bonds. The second-order valence-corrected chi connectivity index (χ2v) is 8.85. The maximum absolute atomic E-state index is 11.9. The van der Waals surface area contributed by atoms with Gasteiger partial charge in [-0.1, -0.05) is 43.2 Å². The number of nitrogens with one attached hydrogen (secondary N) is 1. The molecule has 0 saturated heterocycles. The number of carboxylic acids is 1. The van der Waals surface area contributed by atoms with E-state index in [-0.39, 0.29) is 18.8 Å². The zero-order valence-corrected chi connectivity index (χ0v) is 17.2. The second-order valence-electron chi connectivity index (χ2n) is 6.92. The molecule has 1 rings (SSSR count). The highest BCUT2D eigenvalue weighted by atomic mass is 32.2. The predicted molar refractivity (Wildman–Crippen MR) is 108 cm³/mol. The summed E-state index contributed by atoms with van der Waals surface area (Å²) in [5, 5.41) is 18.4. The lowest BCUT2D eigenvalue weighted by molar-refractivity contribution is -0.137. The van der Waals surface area contributed by atoms with Gasteiger partial charge in [0, 0.05) is 13.0 Å². The van der Waals surface area contributed by atoms with Gasteiger partial charge in [0.1, 0.15) is 0 Å². The van der Waals surface area contributed by atoms with Crippen LogP contribution in [0.3, 0.4) is 0 Å². The van der Waals surface area contributed by atoms with E-state index in [9.17, 15) is 18.3 Å². The Morgan fingerprint density at radius 2 is 1.75 bits per heavy atom. The molecule has 160 valence electrons. The summed E-state index contributed by atoms with van der Waals surface area (Å²) in [4.78, 5) is 10.4. The molecule has 0 radical (unpaired) electrons. The van der Waals surface area contributed by atoms with Crippen molar-refractivity contribution in [3.05, 3.63) is 35.9 Å². The smallest absolute Gasteiger partial charge is 0.303 e. The first-order chi connectivity index (χ1) is 13.4. The summed E-state index contributed by atoms with van der Waals surface area (Å²) in [7, 11) is -3.30. The summed E-state index contributed by atoms with van der Waals surface area (Å²) in [5.74, 6) is -0.752. The number of aliphatic hydroxyl groups excluding tert-OH is 1. The Balaban J connectivity index is 2.00. The van der Waals surface area contributed by atoms with Crippen molar-refractivity contribution in [1.29, 1.82) is 0 Å². The van der Waals surface area contributed by atoms with Crippen LogP contribution in [0.4, 0.5) is 0 Å². The van der Waals surface area contributed by atoms with Crippen molar-refractivity contribution < 1.29 is 28.2 Å². The first-order valence-electron chi connectivity index (χ1n) is 9.88. The van der Waals surface area contributed by atoms with Crippen molar-refractivity contribution in [2.45, 2.75) is 64.1 Å². The van der Waals surface area contributed by atoms with E-state index >= 15 is 0 Å². The normalized spacial score (nSPS) is 12.8. The van der Waals surface area contributed by atoms with Gasteiger partial charge in [-0.05, 0) is 37.7 Å². The van der Waals surface area contributed by atoms with Crippen LogP contribution in [0, 0.1) is 0 Å². The minimum atomic E-state index is -3.30. The Morgan fingerprint density at radius 3 is 2.46 bits per heavy atom. The summed E-state index contributed by atoms with van der Waals surface area (Å²) >= 11 is 0. The van der Waals surface area contributed by atoms with Crippen LogP contribution in [-0.4, -0.2) is 49.6 Å². The Hall–Kier alpha value is -1.48. The van der Waals surface area contributed by atoms with Gasteiger partial charge in [-0.2, -0.15) is 0 Å². The number of ether oxygens (including phenoxy) is 1. The second kappa shape index (κ2) is 14.5. The number of carbonyl (C=O) groups is 1. The van der Waals surface area contributed by atoms with Gasteiger partial charge in [0.15, 0.2) is 0 Å². The van der Waals surface area contributed by atoms with Gasteiger partial charge < -0.3 is 14.9 Å². The lowest BCUT2D eigenvalue weighted by Crippen LogP contribution is -2.27. The number of aliphatic hydroxyl groups is 1. The van der Waals surface area contributed by atoms with Crippen LogP contribution in [0.2, 0.25) is 0 Å². The zero-order chi connectivity index (χ0) is 20.7. The molecule has 1 unspecified atom stereocenters. The third-order valence-electron chi connectivity index (χ3n) is 4.26. The first-order valence-corrected chi connectivity index (χ1v) is 11.5. The van der Waals surface area contributed by atoms with Gasteiger partial charge in [-0.3, -0.25) is 4.79 Å². The lowest BCUT2D eigenvalue weighted by Gasteiger charge is -2.11. The van der Waals surface area contributed by atoms with Crippen LogP contribution in [0.15, 0.2) is 30.3 Å². The monoisotopic (exact) mass is 415 g/mol. The highest BCUT2D eigenvalue weighted by Crippen LogP contribution is 2.07. The third kappa shape index (κ3) is 13.7. The molecule has 1 aromatic carbocycles. The largest absolute Gasteiger partial charge is 0.481 e. The minimum Gasteiger partial charge on any atom is -0.481 e. The maximum Gasteiger partial charge on any atom is 0.303 e. The SMILES string of the molecule is O=C(O)CCCCCCNS(=O)(=O)CCCCC(O)COCc1ccccc1. The molecule has 3 N–H and O–H groups in total. The van der Waals surface area contributed by atoms with Gasteiger partial charge in [0.25, 0.3) is 0 Å². The van der Waals surface area contributed by atoms with Crippen molar-refractivity contribution in [1.82, 2.24) is 4.72 Å². The van der Waals surface area contributed by atoms with Crippen LogP contribution >= 0.6 is 0 Å².